The number of aromatic nitrogens is 2. The van der Waals surface area contributed by atoms with E-state index in [1.165, 1.54) is 28.9 Å². The van der Waals surface area contributed by atoms with Gasteiger partial charge in [-0.05, 0) is 12.1 Å². The van der Waals surface area contributed by atoms with E-state index < -0.39 is 17.6 Å². The van der Waals surface area contributed by atoms with Crippen molar-refractivity contribution in [3.8, 4) is 5.69 Å². The number of carbonyl (C=O) groups excluding carboxylic acids is 2. The van der Waals surface area contributed by atoms with Crippen LogP contribution in [0.2, 0.25) is 5.02 Å². The number of rotatable bonds is 1. The van der Waals surface area contributed by atoms with E-state index in [0.29, 0.717) is 11.4 Å². The normalized spacial score (nSPS) is 13.7. The van der Waals surface area contributed by atoms with E-state index in [2.05, 4.69) is 4.98 Å². The van der Waals surface area contributed by atoms with Gasteiger partial charge in [0.2, 0.25) is 0 Å². The Bertz CT molecular complexity index is 787. The molecule has 0 saturated heterocycles. The van der Waals surface area contributed by atoms with Crippen LogP contribution in [-0.2, 0) is 6.54 Å². The highest BCUT2D eigenvalue weighted by Gasteiger charge is 2.30. The standard InChI is InChI=1S/C13H10ClFN4O2/c1-18-4-8-11(12(16)20)17-5-19(8)7-3-2-6(15)10(14)9(7)13(18)21/h2-3,5H,4H2,1H3,(H2,16,20). The molecule has 108 valence electrons. The van der Waals surface area contributed by atoms with Gasteiger partial charge in [-0.3, -0.25) is 14.2 Å². The maximum absolute atomic E-state index is 13.6. The summed E-state index contributed by atoms with van der Waals surface area (Å²) < 4.78 is 15.2. The van der Waals surface area contributed by atoms with Crippen LogP contribution < -0.4 is 5.73 Å². The molecule has 0 fully saturated rings. The highest BCUT2D eigenvalue weighted by molar-refractivity contribution is 6.34. The maximum atomic E-state index is 13.6. The van der Waals surface area contributed by atoms with Crippen molar-refractivity contribution in [1.82, 2.24) is 14.5 Å². The molecule has 0 atom stereocenters. The Morgan fingerprint density at radius 2 is 2.19 bits per heavy atom. The Kier molecular flexibility index (Phi) is 2.94. The van der Waals surface area contributed by atoms with E-state index in [1.54, 1.807) is 0 Å². The Balaban J connectivity index is 2.36. The van der Waals surface area contributed by atoms with Crippen LogP contribution in [0.4, 0.5) is 4.39 Å². The second kappa shape index (κ2) is 4.56. The summed E-state index contributed by atoms with van der Waals surface area (Å²) in [5.41, 5.74) is 6.21. The van der Waals surface area contributed by atoms with Crippen LogP contribution in [0.15, 0.2) is 18.5 Å². The number of hydrogen-bond acceptors (Lipinski definition) is 3. The van der Waals surface area contributed by atoms with Gasteiger partial charge in [0.05, 0.1) is 28.5 Å². The first-order valence-corrected chi connectivity index (χ1v) is 6.39. The lowest BCUT2D eigenvalue weighted by molar-refractivity contribution is 0.0785. The molecule has 6 nitrogen and oxygen atoms in total. The number of imidazole rings is 1. The molecule has 2 N–H and O–H groups in total. The minimum atomic E-state index is -0.693. The molecule has 0 unspecified atom stereocenters. The zero-order valence-electron chi connectivity index (χ0n) is 10.9. The average molecular weight is 309 g/mol. The molecule has 1 aliphatic rings. The van der Waals surface area contributed by atoms with Gasteiger partial charge < -0.3 is 10.6 Å². The Morgan fingerprint density at radius 1 is 1.48 bits per heavy atom. The smallest absolute Gasteiger partial charge is 0.269 e. The first kappa shape index (κ1) is 13.6. The minimum Gasteiger partial charge on any atom is -0.364 e. The molecular weight excluding hydrogens is 299 g/mol. The fraction of sp³-hybridized carbons (Fsp3) is 0.154. The molecule has 0 spiro atoms. The van der Waals surface area contributed by atoms with Crippen molar-refractivity contribution in [2.24, 2.45) is 5.73 Å². The third-order valence-corrected chi connectivity index (χ3v) is 3.75. The van der Waals surface area contributed by atoms with Gasteiger partial charge in [0, 0.05) is 7.05 Å². The fourth-order valence-corrected chi connectivity index (χ4v) is 2.61. The van der Waals surface area contributed by atoms with Gasteiger partial charge in [-0.2, -0.15) is 0 Å². The predicted octanol–water partition coefficient (Wildman–Crippen LogP) is 1.35. The molecule has 3 rings (SSSR count). The van der Waals surface area contributed by atoms with Crippen molar-refractivity contribution in [2.75, 3.05) is 7.05 Å². The van der Waals surface area contributed by atoms with Gasteiger partial charge in [0.25, 0.3) is 11.8 Å². The molecule has 21 heavy (non-hydrogen) atoms. The second-order valence-corrected chi connectivity index (χ2v) is 5.07. The second-order valence-electron chi connectivity index (χ2n) is 4.69. The molecule has 0 saturated carbocycles. The van der Waals surface area contributed by atoms with Crippen molar-refractivity contribution in [2.45, 2.75) is 6.54 Å². The molecule has 0 aliphatic carbocycles. The fourth-order valence-electron chi connectivity index (χ4n) is 2.37. The SMILES string of the molecule is CN1Cc2c(C(N)=O)ncn2-c2ccc(F)c(Cl)c2C1=O. The average Bonchev–Trinajstić information content (AvgIpc) is 2.80. The minimum absolute atomic E-state index is 0.0336. The summed E-state index contributed by atoms with van der Waals surface area (Å²) in [5.74, 6) is -1.81. The predicted molar refractivity (Wildman–Crippen MR) is 72.8 cm³/mol. The monoisotopic (exact) mass is 308 g/mol. The lowest BCUT2D eigenvalue weighted by Crippen LogP contribution is -2.26. The third kappa shape index (κ3) is 1.89. The number of nitrogens with zero attached hydrogens (tertiary/aromatic N) is 3. The third-order valence-electron chi connectivity index (χ3n) is 3.38. The zero-order chi connectivity index (χ0) is 15.3. The van der Waals surface area contributed by atoms with Crippen LogP contribution in [0.25, 0.3) is 5.69 Å². The molecule has 0 bridgehead atoms. The summed E-state index contributed by atoms with van der Waals surface area (Å²) in [5, 5.41) is -0.258. The van der Waals surface area contributed by atoms with Gasteiger partial charge in [-0.15, -0.1) is 0 Å². The molecule has 8 heteroatoms. The van der Waals surface area contributed by atoms with Gasteiger partial charge in [-0.25, -0.2) is 9.37 Å². The molecule has 2 amide bonds. The van der Waals surface area contributed by atoms with E-state index in [-0.39, 0.29) is 22.8 Å². The summed E-state index contributed by atoms with van der Waals surface area (Å²) in [6, 6.07) is 2.58. The highest BCUT2D eigenvalue weighted by Crippen LogP contribution is 2.31. The van der Waals surface area contributed by atoms with E-state index in [0.717, 1.165) is 6.07 Å². The first-order valence-electron chi connectivity index (χ1n) is 6.01. The number of hydrogen-bond donors (Lipinski definition) is 1. The summed E-state index contributed by atoms with van der Waals surface area (Å²) in [4.78, 5) is 29.1. The van der Waals surface area contributed by atoms with Crippen LogP contribution in [0, 0.1) is 5.82 Å². The number of benzene rings is 1. The molecule has 0 radical (unpaired) electrons. The van der Waals surface area contributed by atoms with Crippen molar-refractivity contribution in [3.05, 3.63) is 46.3 Å². The Labute approximate surface area is 123 Å². The quantitative estimate of drug-likeness (QED) is 0.863. The Morgan fingerprint density at radius 3 is 2.86 bits per heavy atom. The largest absolute Gasteiger partial charge is 0.364 e. The molecule has 2 heterocycles. The molecule has 1 aliphatic heterocycles. The summed E-state index contributed by atoms with van der Waals surface area (Å²) >= 11 is 5.93. The van der Waals surface area contributed by atoms with Gasteiger partial charge in [0.15, 0.2) is 5.69 Å². The first-order chi connectivity index (χ1) is 9.91. The van der Waals surface area contributed by atoms with Crippen molar-refractivity contribution >= 4 is 23.4 Å². The van der Waals surface area contributed by atoms with E-state index in [4.69, 9.17) is 17.3 Å². The van der Waals surface area contributed by atoms with Crippen LogP contribution in [0.1, 0.15) is 26.5 Å². The number of primary amides is 1. The number of amides is 2. The number of halogens is 2. The van der Waals surface area contributed by atoms with Crippen LogP contribution in [0.5, 0.6) is 0 Å². The van der Waals surface area contributed by atoms with E-state index in [9.17, 15) is 14.0 Å². The number of fused-ring (bicyclic) bond motifs is 3. The van der Waals surface area contributed by atoms with Crippen LogP contribution in [0.3, 0.4) is 0 Å². The van der Waals surface area contributed by atoms with Crippen molar-refractivity contribution < 1.29 is 14.0 Å². The highest BCUT2D eigenvalue weighted by atomic mass is 35.5. The van der Waals surface area contributed by atoms with Crippen LogP contribution >= 0.6 is 11.6 Å². The van der Waals surface area contributed by atoms with Gasteiger partial charge in [0.1, 0.15) is 12.1 Å². The van der Waals surface area contributed by atoms with Crippen molar-refractivity contribution in [3.63, 3.8) is 0 Å². The lowest BCUT2D eigenvalue weighted by atomic mass is 10.1. The summed E-state index contributed by atoms with van der Waals surface area (Å²) in [6.45, 7) is 0.115. The lowest BCUT2D eigenvalue weighted by Gasteiger charge is -2.15. The van der Waals surface area contributed by atoms with Crippen molar-refractivity contribution in [1.29, 1.82) is 0 Å². The topological polar surface area (TPSA) is 81.2 Å². The molecular formula is C13H10ClFN4O2. The number of nitrogens with two attached hydrogens (primary N) is 1. The maximum Gasteiger partial charge on any atom is 0.269 e. The van der Waals surface area contributed by atoms with Crippen LogP contribution in [-0.4, -0.2) is 33.3 Å². The van der Waals surface area contributed by atoms with Gasteiger partial charge >= 0.3 is 0 Å². The molecule has 1 aromatic heterocycles. The summed E-state index contributed by atoms with van der Waals surface area (Å²) in [6.07, 6.45) is 1.37. The zero-order valence-corrected chi connectivity index (χ0v) is 11.7. The van der Waals surface area contributed by atoms with E-state index >= 15 is 0 Å². The van der Waals surface area contributed by atoms with E-state index in [1.807, 2.05) is 0 Å². The summed E-state index contributed by atoms with van der Waals surface area (Å²) in [7, 11) is 1.53. The number of carbonyl (C=O) groups is 2. The molecule has 1 aromatic carbocycles. The molecule has 2 aromatic rings. The van der Waals surface area contributed by atoms with Gasteiger partial charge in [-0.1, -0.05) is 11.6 Å². The Hall–Kier alpha value is -2.41.